The zero-order valence-corrected chi connectivity index (χ0v) is 12.1. The molecule has 0 fully saturated rings. The molecule has 5 nitrogen and oxygen atoms in total. The normalized spacial score (nSPS) is 11.3. The third-order valence-corrected chi connectivity index (χ3v) is 3.31. The van der Waals surface area contributed by atoms with Gasteiger partial charge in [-0.05, 0) is 36.4 Å². The molecule has 0 bridgehead atoms. The summed E-state index contributed by atoms with van der Waals surface area (Å²) in [4.78, 5) is 20.1. The van der Waals surface area contributed by atoms with Crippen LogP contribution < -0.4 is 10.9 Å². The van der Waals surface area contributed by atoms with Gasteiger partial charge in [-0.15, -0.1) is 0 Å². The van der Waals surface area contributed by atoms with E-state index < -0.39 is 17.6 Å². The first-order valence-electron chi connectivity index (χ1n) is 6.88. The SMILES string of the molecule is O=C(NNc1ncnc2ccccc12)c1ccc(C(F)(F)F)cc1. The fraction of sp³-hybridized carbons (Fsp3) is 0.0625. The van der Waals surface area contributed by atoms with Crippen molar-refractivity contribution < 1.29 is 18.0 Å². The van der Waals surface area contributed by atoms with Crippen molar-refractivity contribution in [3.63, 3.8) is 0 Å². The molecule has 0 aliphatic rings. The number of benzene rings is 2. The topological polar surface area (TPSA) is 66.9 Å². The van der Waals surface area contributed by atoms with Crippen LogP contribution in [0.5, 0.6) is 0 Å². The smallest absolute Gasteiger partial charge is 0.281 e. The Morgan fingerprint density at radius 1 is 0.958 bits per heavy atom. The van der Waals surface area contributed by atoms with Gasteiger partial charge in [0.05, 0.1) is 11.1 Å². The van der Waals surface area contributed by atoms with Gasteiger partial charge in [-0.1, -0.05) is 12.1 Å². The average molecular weight is 332 g/mol. The molecule has 3 rings (SSSR count). The number of hydrazine groups is 1. The first-order valence-corrected chi connectivity index (χ1v) is 6.88. The van der Waals surface area contributed by atoms with Gasteiger partial charge in [0.1, 0.15) is 6.33 Å². The molecule has 1 heterocycles. The fourth-order valence-electron chi connectivity index (χ4n) is 2.10. The monoisotopic (exact) mass is 332 g/mol. The van der Waals surface area contributed by atoms with Gasteiger partial charge in [-0.25, -0.2) is 9.97 Å². The number of nitrogens with one attached hydrogen (secondary N) is 2. The number of rotatable bonds is 3. The highest BCUT2D eigenvalue weighted by Crippen LogP contribution is 2.29. The maximum absolute atomic E-state index is 12.5. The van der Waals surface area contributed by atoms with Crippen molar-refractivity contribution in [2.45, 2.75) is 6.18 Å². The number of carbonyl (C=O) groups excluding carboxylic acids is 1. The Morgan fingerprint density at radius 2 is 1.67 bits per heavy atom. The quantitative estimate of drug-likeness (QED) is 0.722. The highest BCUT2D eigenvalue weighted by atomic mass is 19.4. The van der Waals surface area contributed by atoms with Crippen molar-refractivity contribution in [1.29, 1.82) is 0 Å². The van der Waals surface area contributed by atoms with Gasteiger partial charge in [0, 0.05) is 10.9 Å². The first kappa shape index (κ1) is 15.7. The Hall–Kier alpha value is -3.16. The van der Waals surface area contributed by atoms with Gasteiger partial charge >= 0.3 is 6.18 Å². The fourth-order valence-corrected chi connectivity index (χ4v) is 2.10. The average Bonchev–Trinajstić information content (AvgIpc) is 2.59. The van der Waals surface area contributed by atoms with Crippen LogP contribution in [0.4, 0.5) is 19.0 Å². The van der Waals surface area contributed by atoms with E-state index in [4.69, 9.17) is 0 Å². The number of anilines is 1. The molecule has 24 heavy (non-hydrogen) atoms. The number of halogens is 3. The number of fused-ring (bicyclic) bond motifs is 1. The van der Waals surface area contributed by atoms with E-state index in [1.54, 1.807) is 18.2 Å². The largest absolute Gasteiger partial charge is 0.416 e. The van der Waals surface area contributed by atoms with Crippen LogP contribution in [0.2, 0.25) is 0 Å². The van der Waals surface area contributed by atoms with E-state index in [1.165, 1.54) is 6.33 Å². The number of alkyl halides is 3. The predicted molar refractivity (Wildman–Crippen MR) is 82.1 cm³/mol. The van der Waals surface area contributed by atoms with Gasteiger partial charge in [0.2, 0.25) is 0 Å². The Kier molecular flexibility index (Phi) is 4.03. The molecule has 1 amide bonds. The number of nitrogens with zero attached hydrogens (tertiary/aromatic N) is 2. The minimum atomic E-state index is -4.44. The molecule has 3 aromatic rings. The maximum atomic E-state index is 12.5. The van der Waals surface area contributed by atoms with Crippen molar-refractivity contribution in [3.8, 4) is 0 Å². The van der Waals surface area contributed by atoms with Crippen molar-refractivity contribution in [2.24, 2.45) is 0 Å². The lowest BCUT2D eigenvalue weighted by Gasteiger charge is -2.10. The summed E-state index contributed by atoms with van der Waals surface area (Å²) in [7, 11) is 0. The molecule has 0 saturated heterocycles. The van der Waals surface area contributed by atoms with Gasteiger partial charge in [-0.2, -0.15) is 13.2 Å². The summed E-state index contributed by atoms with van der Waals surface area (Å²) < 4.78 is 37.5. The summed E-state index contributed by atoms with van der Waals surface area (Å²) in [6, 6.07) is 11.1. The van der Waals surface area contributed by atoms with E-state index in [1.807, 2.05) is 6.07 Å². The molecule has 8 heteroatoms. The van der Waals surface area contributed by atoms with Gasteiger partial charge in [-0.3, -0.25) is 15.6 Å². The lowest BCUT2D eigenvalue weighted by molar-refractivity contribution is -0.137. The van der Waals surface area contributed by atoms with E-state index in [0.29, 0.717) is 16.7 Å². The second-order valence-electron chi connectivity index (χ2n) is 4.89. The molecule has 0 saturated carbocycles. The number of hydrogen-bond donors (Lipinski definition) is 2. The lowest BCUT2D eigenvalue weighted by Crippen LogP contribution is -2.30. The summed E-state index contributed by atoms with van der Waals surface area (Å²) in [5.41, 5.74) is 5.04. The van der Waals surface area contributed by atoms with Crippen molar-refractivity contribution in [3.05, 3.63) is 66.0 Å². The van der Waals surface area contributed by atoms with Gasteiger partial charge in [0.15, 0.2) is 5.82 Å². The second-order valence-corrected chi connectivity index (χ2v) is 4.89. The third kappa shape index (κ3) is 3.27. The highest BCUT2D eigenvalue weighted by Gasteiger charge is 2.30. The van der Waals surface area contributed by atoms with E-state index in [9.17, 15) is 18.0 Å². The molecule has 0 atom stereocenters. The summed E-state index contributed by atoms with van der Waals surface area (Å²) in [6.07, 6.45) is -3.10. The summed E-state index contributed by atoms with van der Waals surface area (Å²) in [6.45, 7) is 0. The molecule has 2 aromatic carbocycles. The lowest BCUT2D eigenvalue weighted by atomic mass is 10.1. The van der Waals surface area contributed by atoms with Crippen molar-refractivity contribution in [1.82, 2.24) is 15.4 Å². The van der Waals surface area contributed by atoms with E-state index >= 15 is 0 Å². The molecule has 0 radical (unpaired) electrons. The highest BCUT2D eigenvalue weighted by molar-refractivity contribution is 5.96. The number of carbonyl (C=O) groups is 1. The number of aromatic nitrogens is 2. The molecule has 0 spiro atoms. The first-order chi connectivity index (χ1) is 11.4. The Morgan fingerprint density at radius 3 is 2.38 bits per heavy atom. The summed E-state index contributed by atoms with van der Waals surface area (Å²) in [5, 5.41) is 0.702. The predicted octanol–water partition coefficient (Wildman–Crippen LogP) is 3.41. The second kappa shape index (κ2) is 6.15. The summed E-state index contributed by atoms with van der Waals surface area (Å²) >= 11 is 0. The van der Waals surface area contributed by atoms with Crippen molar-refractivity contribution in [2.75, 3.05) is 5.43 Å². The summed E-state index contributed by atoms with van der Waals surface area (Å²) in [5.74, 6) is -0.188. The van der Waals surface area contributed by atoms with Crippen LogP contribution in [0.1, 0.15) is 15.9 Å². The van der Waals surface area contributed by atoms with Crippen LogP contribution in [-0.2, 0) is 6.18 Å². The molecule has 0 aliphatic carbocycles. The maximum Gasteiger partial charge on any atom is 0.416 e. The van der Waals surface area contributed by atoms with Crippen LogP contribution in [0.15, 0.2) is 54.9 Å². The molecule has 1 aromatic heterocycles. The van der Waals surface area contributed by atoms with E-state index in [0.717, 1.165) is 24.3 Å². The zero-order valence-electron chi connectivity index (χ0n) is 12.1. The molecular formula is C16H11F3N4O. The van der Waals surface area contributed by atoms with Crippen LogP contribution in [0.3, 0.4) is 0 Å². The zero-order chi connectivity index (χ0) is 17.2. The molecular weight excluding hydrogens is 321 g/mol. The van der Waals surface area contributed by atoms with Crippen LogP contribution in [0, 0.1) is 0 Å². The number of hydrogen-bond acceptors (Lipinski definition) is 4. The van der Waals surface area contributed by atoms with E-state index in [-0.39, 0.29) is 5.56 Å². The molecule has 0 unspecified atom stereocenters. The van der Waals surface area contributed by atoms with Crippen LogP contribution in [-0.4, -0.2) is 15.9 Å². The third-order valence-electron chi connectivity index (χ3n) is 3.31. The Labute approximate surface area is 134 Å². The molecule has 2 N–H and O–H groups in total. The van der Waals surface area contributed by atoms with Crippen LogP contribution >= 0.6 is 0 Å². The van der Waals surface area contributed by atoms with Crippen molar-refractivity contribution >= 4 is 22.6 Å². The van der Waals surface area contributed by atoms with Crippen LogP contribution in [0.25, 0.3) is 10.9 Å². The molecule has 0 aliphatic heterocycles. The van der Waals surface area contributed by atoms with Gasteiger partial charge in [0.25, 0.3) is 5.91 Å². The Bertz CT molecular complexity index is 873. The minimum absolute atomic E-state index is 0.0915. The van der Waals surface area contributed by atoms with E-state index in [2.05, 4.69) is 20.8 Å². The number of amides is 1. The van der Waals surface area contributed by atoms with Gasteiger partial charge < -0.3 is 0 Å². The Balaban J connectivity index is 1.73. The molecule has 122 valence electrons. The number of para-hydroxylation sites is 1. The minimum Gasteiger partial charge on any atom is -0.281 e. The standard InChI is InChI=1S/C16H11F3N4O/c17-16(18,19)11-7-5-10(6-8-11)15(24)23-22-14-12-3-1-2-4-13(12)20-9-21-14/h1-9H,(H,23,24)(H,20,21,22).